The third kappa shape index (κ3) is 2.83. The van der Waals surface area contributed by atoms with Crippen LogP contribution < -0.4 is 11.5 Å². The summed E-state index contributed by atoms with van der Waals surface area (Å²) in [5.41, 5.74) is 12.2. The Balaban J connectivity index is 2.38. The highest BCUT2D eigenvalue weighted by atomic mass is 19.1. The molecule has 20 heavy (non-hydrogen) atoms. The zero-order valence-corrected chi connectivity index (χ0v) is 11.8. The number of benzene rings is 1. The lowest BCUT2D eigenvalue weighted by atomic mass is 9.95. The molecule has 110 valence electrons. The molecule has 1 heterocycles. The van der Waals surface area contributed by atoms with Gasteiger partial charge in [0.2, 0.25) is 5.91 Å². The van der Waals surface area contributed by atoms with E-state index in [1.54, 1.807) is 18.2 Å². The van der Waals surface area contributed by atoms with Crippen LogP contribution in [0.1, 0.15) is 37.8 Å². The average molecular weight is 279 g/mol. The average Bonchev–Trinajstić information content (AvgIpc) is 2.90. The first kappa shape index (κ1) is 14.9. The van der Waals surface area contributed by atoms with E-state index in [-0.39, 0.29) is 29.8 Å². The molecule has 1 aromatic rings. The van der Waals surface area contributed by atoms with Crippen LogP contribution >= 0.6 is 0 Å². The molecule has 0 aromatic heterocycles. The van der Waals surface area contributed by atoms with Gasteiger partial charge in [0.1, 0.15) is 5.82 Å². The van der Waals surface area contributed by atoms with Gasteiger partial charge in [-0.1, -0.05) is 25.1 Å². The quantitative estimate of drug-likeness (QED) is 0.859. The van der Waals surface area contributed by atoms with Crippen molar-refractivity contribution >= 4 is 5.91 Å². The maximum atomic E-state index is 14.1. The molecular formula is C15H22FN3O. The van der Waals surface area contributed by atoms with E-state index in [1.165, 1.54) is 6.07 Å². The molecule has 1 aliphatic heterocycles. The maximum Gasteiger partial charge on any atom is 0.234 e. The van der Waals surface area contributed by atoms with E-state index < -0.39 is 0 Å². The third-order valence-electron chi connectivity index (χ3n) is 4.08. The summed E-state index contributed by atoms with van der Waals surface area (Å²) >= 11 is 0. The third-order valence-corrected chi connectivity index (χ3v) is 4.08. The Hall–Kier alpha value is -1.46. The van der Waals surface area contributed by atoms with Gasteiger partial charge in [-0.05, 0) is 31.9 Å². The second kappa shape index (κ2) is 6.33. The Labute approximate surface area is 118 Å². The molecule has 1 aliphatic rings. The van der Waals surface area contributed by atoms with Gasteiger partial charge in [0.05, 0.1) is 12.1 Å². The van der Waals surface area contributed by atoms with Crippen LogP contribution in [0.2, 0.25) is 0 Å². The summed E-state index contributed by atoms with van der Waals surface area (Å²) < 4.78 is 14.1. The van der Waals surface area contributed by atoms with Gasteiger partial charge in [0, 0.05) is 11.6 Å². The first-order valence-corrected chi connectivity index (χ1v) is 7.11. The summed E-state index contributed by atoms with van der Waals surface area (Å²) in [6, 6.07) is 5.74. The second-order valence-corrected chi connectivity index (χ2v) is 5.34. The molecule has 0 bridgehead atoms. The minimum atomic E-state index is -0.354. The molecule has 3 atom stereocenters. The first-order valence-electron chi connectivity index (χ1n) is 7.11. The SMILES string of the molecule is CCC(N)C(c1ccccc1F)N1CCCC1C(N)=O. The van der Waals surface area contributed by atoms with Crippen LogP contribution in [0, 0.1) is 5.82 Å². The van der Waals surface area contributed by atoms with Crippen LogP contribution in [-0.4, -0.2) is 29.4 Å². The van der Waals surface area contributed by atoms with Gasteiger partial charge in [-0.15, -0.1) is 0 Å². The van der Waals surface area contributed by atoms with Gasteiger partial charge in [0.25, 0.3) is 0 Å². The Morgan fingerprint density at radius 1 is 1.50 bits per heavy atom. The number of primary amides is 1. The number of halogens is 1. The van der Waals surface area contributed by atoms with Gasteiger partial charge in [-0.2, -0.15) is 0 Å². The van der Waals surface area contributed by atoms with Crippen molar-refractivity contribution in [3.05, 3.63) is 35.6 Å². The summed E-state index contributed by atoms with van der Waals surface area (Å²) in [6.45, 7) is 2.69. The number of nitrogens with zero attached hydrogens (tertiary/aromatic N) is 1. The molecule has 1 saturated heterocycles. The van der Waals surface area contributed by atoms with E-state index in [4.69, 9.17) is 11.5 Å². The molecule has 1 amide bonds. The van der Waals surface area contributed by atoms with E-state index in [1.807, 2.05) is 11.8 Å². The molecule has 4 nitrogen and oxygen atoms in total. The van der Waals surface area contributed by atoms with E-state index in [0.29, 0.717) is 12.0 Å². The normalized spacial score (nSPS) is 22.6. The van der Waals surface area contributed by atoms with Crippen molar-refractivity contribution in [1.82, 2.24) is 4.90 Å². The number of amides is 1. The number of carbonyl (C=O) groups is 1. The topological polar surface area (TPSA) is 72.3 Å². The zero-order chi connectivity index (χ0) is 14.7. The minimum Gasteiger partial charge on any atom is -0.368 e. The lowest BCUT2D eigenvalue weighted by molar-refractivity contribution is -0.123. The Morgan fingerprint density at radius 2 is 2.20 bits per heavy atom. The molecule has 4 N–H and O–H groups in total. The van der Waals surface area contributed by atoms with Crippen molar-refractivity contribution in [1.29, 1.82) is 0 Å². The smallest absolute Gasteiger partial charge is 0.234 e. The molecular weight excluding hydrogens is 257 g/mol. The summed E-state index contributed by atoms with van der Waals surface area (Å²) in [7, 11) is 0. The Morgan fingerprint density at radius 3 is 2.80 bits per heavy atom. The molecule has 5 heteroatoms. The van der Waals surface area contributed by atoms with Crippen molar-refractivity contribution in [3.63, 3.8) is 0 Å². The van der Waals surface area contributed by atoms with Crippen LogP contribution in [0.15, 0.2) is 24.3 Å². The van der Waals surface area contributed by atoms with Gasteiger partial charge >= 0.3 is 0 Å². The highest BCUT2D eigenvalue weighted by Crippen LogP contribution is 2.33. The lowest BCUT2D eigenvalue weighted by Crippen LogP contribution is -2.48. The molecule has 1 fully saturated rings. The monoisotopic (exact) mass is 279 g/mol. The van der Waals surface area contributed by atoms with Crippen molar-refractivity contribution in [2.75, 3.05) is 6.54 Å². The van der Waals surface area contributed by atoms with Gasteiger partial charge in [-0.25, -0.2) is 4.39 Å². The van der Waals surface area contributed by atoms with Crippen LogP contribution in [0.4, 0.5) is 4.39 Å². The summed E-state index contributed by atoms with van der Waals surface area (Å²) in [4.78, 5) is 13.6. The summed E-state index contributed by atoms with van der Waals surface area (Å²) in [5, 5.41) is 0. The van der Waals surface area contributed by atoms with Gasteiger partial charge in [0.15, 0.2) is 0 Å². The van der Waals surface area contributed by atoms with Crippen LogP contribution in [0.3, 0.4) is 0 Å². The van der Waals surface area contributed by atoms with E-state index in [2.05, 4.69) is 0 Å². The molecule has 0 spiro atoms. The Bertz CT molecular complexity index is 480. The molecule has 0 saturated carbocycles. The van der Waals surface area contributed by atoms with Crippen molar-refractivity contribution < 1.29 is 9.18 Å². The lowest BCUT2D eigenvalue weighted by Gasteiger charge is -2.35. The number of hydrogen-bond acceptors (Lipinski definition) is 3. The fourth-order valence-electron chi connectivity index (χ4n) is 3.02. The molecule has 0 aliphatic carbocycles. The number of likely N-dealkylation sites (tertiary alicyclic amines) is 1. The predicted octanol–water partition coefficient (Wildman–Crippen LogP) is 1.55. The maximum absolute atomic E-state index is 14.1. The zero-order valence-electron chi connectivity index (χ0n) is 11.8. The standard InChI is InChI=1S/C15H22FN3O/c1-2-12(17)14(10-6-3-4-7-11(10)16)19-9-5-8-13(19)15(18)20/h3-4,6-7,12-14H,2,5,8-9,17H2,1H3,(H2,18,20). The van der Waals surface area contributed by atoms with Gasteiger partial charge < -0.3 is 11.5 Å². The van der Waals surface area contributed by atoms with E-state index >= 15 is 0 Å². The van der Waals surface area contributed by atoms with Crippen molar-refractivity contribution in [2.24, 2.45) is 11.5 Å². The molecule has 2 rings (SSSR count). The molecule has 0 radical (unpaired) electrons. The van der Waals surface area contributed by atoms with Crippen LogP contribution in [0.5, 0.6) is 0 Å². The minimum absolute atomic E-state index is 0.230. The number of nitrogens with two attached hydrogens (primary N) is 2. The number of carbonyl (C=O) groups excluding carboxylic acids is 1. The van der Waals surface area contributed by atoms with E-state index in [0.717, 1.165) is 19.4 Å². The van der Waals surface area contributed by atoms with Crippen molar-refractivity contribution in [2.45, 2.75) is 44.3 Å². The fraction of sp³-hybridized carbons (Fsp3) is 0.533. The van der Waals surface area contributed by atoms with Gasteiger partial charge in [-0.3, -0.25) is 9.69 Å². The highest BCUT2D eigenvalue weighted by molar-refractivity contribution is 5.80. The van der Waals surface area contributed by atoms with Crippen molar-refractivity contribution in [3.8, 4) is 0 Å². The van der Waals surface area contributed by atoms with E-state index in [9.17, 15) is 9.18 Å². The largest absolute Gasteiger partial charge is 0.368 e. The second-order valence-electron chi connectivity index (χ2n) is 5.34. The Kier molecular flexibility index (Phi) is 4.73. The number of rotatable bonds is 5. The summed E-state index contributed by atoms with van der Waals surface area (Å²) in [5.74, 6) is -0.635. The fourth-order valence-corrected chi connectivity index (χ4v) is 3.02. The van der Waals surface area contributed by atoms with Crippen LogP contribution in [0.25, 0.3) is 0 Å². The van der Waals surface area contributed by atoms with Crippen LogP contribution in [-0.2, 0) is 4.79 Å². The molecule has 3 unspecified atom stereocenters. The summed E-state index contributed by atoms with van der Waals surface area (Å²) in [6.07, 6.45) is 2.31. The molecule has 1 aromatic carbocycles. The first-order chi connectivity index (χ1) is 9.56. The highest BCUT2D eigenvalue weighted by Gasteiger charge is 2.38. The predicted molar refractivity (Wildman–Crippen MR) is 76.3 cm³/mol. The number of hydrogen-bond donors (Lipinski definition) is 2.